The van der Waals surface area contributed by atoms with Crippen molar-refractivity contribution < 1.29 is 0 Å². The lowest BCUT2D eigenvalue weighted by Gasteiger charge is -2.35. The zero-order chi connectivity index (χ0) is 10.3. The molecule has 14 heavy (non-hydrogen) atoms. The molecule has 0 saturated heterocycles. The van der Waals surface area contributed by atoms with E-state index in [4.69, 9.17) is 0 Å². The van der Waals surface area contributed by atoms with Gasteiger partial charge in [0.2, 0.25) is 0 Å². The SMILES string of the molecule is CCN1C2=C(C=C(C)CC2)CC1(C)C. The van der Waals surface area contributed by atoms with Crippen LogP contribution in [-0.2, 0) is 0 Å². The number of rotatable bonds is 1. The molecule has 2 rings (SSSR count). The fourth-order valence-electron chi connectivity index (χ4n) is 2.94. The fraction of sp³-hybridized carbons (Fsp3) is 0.692. The van der Waals surface area contributed by atoms with Crippen molar-refractivity contribution in [3.8, 4) is 0 Å². The van der Waals surface area contributed by atoms with E-state index in [9.17, 15) is 0 Å². The van der Waals surface area contributed by atoms with Gasteiger partial charge in [0.15, 0.2) is 0 Å². The summed E-state index contributed by atoms with van der Waals surface area (Å²) in [6.45, 7) is 10.4. The summed E-state index contributed by atoms with van der Waals surface area (Å²) in [5, 5.41) is 0. The van der Waals surface area contributed by atoms with E-state index in [1.165, 1.54) is 19.3 Å². The van der Waals surface area contributed by atoms with Crippen LogP contribution in [0, 0.1) is 0 Å². The van der Waals surface area contributed by atoms with Gasteiger partial charge in [0.05, 0.1) is 0 Å². The Balaban J connectivity index is 2.34. The first kappa shape index (κ1) is 9.82. The van der Waals surface area contributed by atoms with E-state index in [0.717, 1.165) is 6.54 Å². The summed E-state index contributed by atoms with van der Waals surface area (Å²) in [5.41, 5.74) is 5.11. The van der Waals surface area contributed by atoms with Gasteiger partial charge in [-0.2, -0.15) is 0 Å². The van der Waals surface area contributed by atoms with Gasteiger partial charge < -0.3 is 4.90 Å². The summed E-state index contributed by atoms with van der Waals surface area (Å²) in [4.78, 5) is 2.59. The highest BCUT2D eigenvalue weighted by molar-refractivity contribution is 5.38. The molecule has 0 unspecified atom stereocenters. The molecule has 2 aliphatic rings. The van der Waals surface area contributed by atoms with Crippen molar-refractivity contribution in [1.29, 1.82) is 0 Å². The number of hydrogen-bond donors (Lipinski definition) is 0. The Morgan fingerprint density at radius 1 is 1.36 bits per heavy atom. The predicted molar refractivity (Wildman–Crippen MR) is 61.1 cm³/mol. The molecule has 0 fully saturated rings. The molecule has 0 aromatic heterocycles. The fourth-order valence-corrected chi connectivity index (χ4v) is 2.94. The Kier molecular flexibility index (Phi) is 2.21. The first-order chi connectivity index (χ1) is 6.54. The molecule has 0 spiro atoms. The maximum absolute atomic E-state index is 2.59. The highest BCUT2D eigenvalue weighted by Gasteiger charge is 2.36. The van der Waals surface area contributed by atoms with Crippen LogP contribution >= 0.6 is 0 Å². The van der Waals surface area contributed by atoms with Crippen LogP contribution in [0.2, 0.25) is 0 Å². The summed E-state index contributed by atoms with van der Waals surface area (Å²) in [5.74, 6) is 0. The Morgan fingerprint density at radius 3 is 2.71 bits per heavy atom. The summed E-state index contributed by atoms with van der Waals surface area (Å²) < 4.78 is 0. The molecule has 1 heterocycles. The topological polar surface area (TPSA) is 3.24 Å². The van der Waals surface area contributed by atoms with Crippen LogP contribution in [-0.4, -0.2) is 17.0 Å². The van der Waals surface area contributed by atoms with Crippen LogP contribution in [0.3, 0.4) is 0 Å². The van der Waals surface area contributed by atoms with Crippen molar-refractivity contribution in [3.63, 3.8) is 0 Å². The number of hydrogen-bond acceptors (Lipinski definition) is 1. The Labute approximate surface area is 87.5 Å². The molecule has 0 N–H and O–H groups in total. The van der Waals surface area contributed by atoms with E-state index in [1.54, 1.807) is 16.8 Å². The van der Waals surface area contributed by atoms with Gasteiger partial charge >= 0.3 is 0 Å². The van der Waals surface area contributed by atoms with Crippen LogP contribution in [0.15, 0.2) is 22.9 Å². The Bertz CT molecular complexity index is 307. The van der Waals surface area contributed by atoms with Gasteiger partial charge in [0, 0.05) is 17.8 Å². The molecule has 0 radical (unpaired) electrons. The van der Waals surface area contributed by atoms with Crippen molar-refractivity contribution in [2.45, 2.75) is 52.5 Å². The highest BCUT2D eigenvalue weighted by atomic mass is 15.2. The Hall–Kier alpha value is -0.720. The Morgan fingerprint density at radius 2 is 2.07 bits per heavy atom. The molecule has 0 amide bonds. The minimum atomic E-state index is 0.348. The third-order valence-electron chi connectivity index (χ3n) is 3.54. The van der Waals surface area contributed by atoms with Gasteiger partial charge in [-0.05, 0) is 52.5 Å². The molecule has 1 aliphatic heterocycles. The summed E-state index contributed by atoms with van der Waals surface area (Å²) in [6, 6.07) is 0. The van der Waals surface area contributed by atoms with Crippen molar-refractivity contribution in [1.82, 2.24) is 4.90 Å². The average Bonchev–Trinajstić information content (AvgIpc) is 2.33. The third-order valence-corrected chi connectivity index (χ3v) is 3.54. The molecule has 0 aromatic rings. The predicted octanol–water partition coefficient (Wildman–Crippen LogP) is 3.48. The maximum atomic E-state index is 2.59. The zero-order valence-electron chi connectivity index (χ0n) is 9.85. The van der Waals surface area contributed by atoms with Gasteiger partial charge in [-0.15, -0.1) is 0 Å². The molecule has 0 bridgehead atoms. The number of allylic oxidation sites excluding steroid dienone is 3. The molecule has 1 nitrogen and oxygen atoms in total. The summed E-state index contributed by atoms with van der Waals surface area (Å²) in [6.07, 6.45) is 6.16. The van der Waals surface area contributed by atoms with E-state index >= 15 is 0 Å². The second-order valence-electron chi connectivity index (χ2n) is 5.20. The number of nitrogens with zero attached hydrogens (tertiary/aromatic N) is 1. The van der Waals surface area contributed by atoms with Crippen LogP contribution in [0.25, 0.3) is 0 Å². The lowest BCUT2D eigenvalue weighted by Crippen LogP contribution is -2.38. The van der Waals surface area contributed by atoms with E-state index in [0.29, 0.717) is 5.54 Å². The lowest BCUT2D eigenvalue weighted by atomic mass is 9.94. The molecular formula is C13H21N. The zero-order valence-corrected chi connectivity index (χ0v) is 9.85. The molecular weight excluding hydrogens is 170 g/mol. The van der Waals surface area contributed by atoms with Gasteiger partial charge in [0.25, 0.3) is 0 Å². The van der Waals surface area contributed by atoms with Crippen molar-refractivity contribution in [2.24, 2.45) is 0 Å². The normalized spacial score (nSPS) is 25.1. The van der Waals surface area contributed by atoms with Crippen molar-refractivity contribution >= 4 is 0 Å². The van der Waals surface area contributed by atoms with Gasteiger partial charge in [-0.1, -0.05) is 11.6 Å². The molecule has 0 aromatic carbocycles. The molecule has 1 heteroatoms. The second kappa shape index (κ2) is 3.15. The van der Waals surface area contributed by atoms with Gasteiger partial charge in [0.1, 0.15) is 0 Å². The summed E-state index contributed by atoms with van der Waals surface area (Å²) in [7, 11) is 0. The summed E-state index contributed by atoms with van der Waals surface area (Å²) >= 11 is 0. The van der Waals surface area contributed by atoms with Gasteiger partial charge in [-0.3, -0.25) is 0 Å². The molecule has 1 aliphatic carbocycles. The van der Waals surface area contributed by atoms with Gasteiger partial charge in [-0.25, -0.2) is 0 Å². The lowest BCUT2D eigenvalue weighted by molar-refractivity contribution is 0.196. The smallest absolute Gasteiger partial charge is 0.0383 e. The highest BCUT2D eigenvalue weighted by Crippen LogP contribution is 2.42. The van der Waals surface area contributed by atoms with E-state index in [1.807, 2.05) is 0 Å². The standard InChI is InChI=1S/C13H21N/c1-5-14-12-7-6-10(2)8-11(12)9-13(14,3)4/h8H,5-7,9H2,1-4H3. The molecule has 0 saturated carbocycles. The minimum Gasteiger partial charge on any atom is -0.369 e. The van der Waals surface area contributed by atoms with E-state index in [2.05, 4.69) is 38.7 Å². The van der Waals surface area contributed by atoms with E-state index < -0.39 is 0 Å². The van der Waals surface area contributed by atoms with Crippen LogP contribution in [0.5, 0.6) is 0 Å². The quantitative estimate of drug-likeness (QED) is 0.613. The first-order valence-electron chi connectivity index (χ1n) is 5.71. The molecule has 0 atom stereocenters. The monoisotopic (exact) mass is 191 g/mol. The van der Waals surface area contributed by atoms with Crippen molar-refractivity contribution in [2.75, 3.05) is 6.54 Å². The molecule has 78 valence electrons. The van der Waals surface area contributed by atoms with Crippen LogP contribution in [0.1, 0.15) is 47.0 Å². The average molecular weight is 191 g/mol. The van der Waals surface area contributed by atoms with Crippen molar-refractivity contribution in [3.05, 3.63) is 22.9 Å². The van der Waals surface area contributed by atoms with E-state index in [-0.39, 0.29) is 0 Å². The van der Waals surface area contributed by atoms with Crippen LogP contribution in [0.4, 0.5) is 0 Å². The first-order valence-corrected chi connectivity index (χ1v) is 5.71. The third kappa shape index (κ3) is 1.39. The van der Waals surface area contributed by atoms with Crippen LogP contribution < -0.4 is 0 Å². The minimum absolute atomic E-state index is 0.348. The maximum Gasteiger partial charge on any atom is 0.0383 e. The largest absolute Gasteiger partial charge is 0.369 e. The second-order valence-corrected chi connectivity index (χ2v) is 5.20.